The summed E-state index contributed by atoms with van der Waals surface area (Å²) in [4.78, 5) is 13.2. The number of thiophene rings is 1. The first kappa shape index (κ1) is 19.4. The van der Waals surface area contributed by atoms with Crippen molar-refractivity contribution < 1.29 is 18.0 Å². The van der Waals surface area contributed by atoms with Gasteiger partial charge in [0.05, 0.1) is 21.9 Å². The molecule has 0 saturated heterocycles. The molecule has 1 N–H and O–H groups in total. The smallest absolute Gasteiger partial charge is 0.325 e. The van der Waals surface area contributed by atoms with Crippen LogP contribution in [0.1, 0.15) is 5.56 Å². The fourth-order valence-electron chi connectivity index (χ4n) is 2.57. The molecule has 6 nitrogen and oxygen atoms in total. The molecule has 0 bridgehead atoms. The largest absolute Gasteiger partial charge is 0.418 e. The van der Waals surface area contributed by atoms with Crippen LogP contribution in [0.4, 0.5) is 18.9 Å². The Bertz CT molecular complexity index is 1160. The summed E-state index contributed by atoms with van der Waals surface area (Å²) < 4.78 is 40.7. The minimum atomic E-state index is -4.55. The van der Waals surface area contributed by atoms with E-state index in [9.17, 15) is 18.0 Å². The van der Waals surface area contributed by atoms with Crippen LogP contribution in [0.15, 0.2) is 59.1 Å². The Morgan fingerprint density at radius 1 is 1.10 bits per heavy atom. The first-order chi connectivity index (χ1) is 13.9. The summed E-state index contributed by atoms with van der Waals surface area (Å²) in [7, 11) is 0. The molecule has 0 unspecified atom stereocenters. The molecular weight excluding hydrogens is 423 g/mol. The van der Waals surface area contributed by atoms with Crippen molar-refractivity contribution in [2.24, 2.45) is 0 Å². The minimum absolute atomic E-state index is 0.141. The number of nitrogens with zero attached hydrogens (tertiary/aromatic N) is 4. The predicted molar refractivity (Wildman–Crippen MR) is 105 cm³/mol. The Morgan fingerprint density at radius 3 is 2.69 bits per heavy atom. The van der Waals surface area contributed by atoms with Crippen LogP contribution in [-0.2, 0) is 11.0 Å². The highest BCUT2D eigenvalue weighted by Crippen LogP contribution is 2.34. The van der Waals surface area contributed by atoms with Crippen molar-refractivity contribution in [3.05, 3.63) is 59.5 Å². The summed E-state index contributed by atoms with van der Waals surface area (Å²) in [5.74, 6) is -0.726. The minimum Gasteiger partial charge on any atom is -0.325 e. The van der Waals surface area contributed by atoms with Gasteiger partial charge in [0.25, 0.3) is 0 Å². The first-order valence-electron chi connectivity index (χ1n) is 8.27. The van der Waals surface area contributed by atoms with Gasteiger partial charge >= 0.3 is 6.18 Å². The lowest BCUT2D eigenvalue weighted by Crippen LogP contribution is -2.18. The molecule has 11 heteroatoms. The number of alkyl halides is 3. The van der Waals surface area contributed by atoms with Gasteiger partial charge in [-0.3, -0.25) is 4.79 Å². The van der Waals surface area contributed by atoms with E-state index < -0.39 is 17.6 Å². The van der Waals surface area contributed by atoms with Crippen LogP contribution in [0.2, 0.25) is 0 Å². The SMILES string of the molecule is O=C(CSc1nnc2ccc(-c3cccs3)nn12)Nc1ccccc1C(F)(F)F. The second kappa shape index (κ2) is 7.84. The number of benzene rings is 1. The van der Waals surface area contributed by atoms with E-state index in [1.54, 1.807) is 6.07 Å². The number of aromatic nitrogens is 4. The summed E-state index contributed by atoms with van der Waals surface area (Å²) >= 11 is 2.58. The van der Waals surface area contributed by atoms with Crippen molar-refractivity contribution in [1.29, 1.82) is 0 Å². The molecule has 1 aromatic carbocycles. The summed E-state index contributed by atoms with van der Waals surface area (Å²) in [5.41, 5.74) is 0.0664. The molecule has 148 valence electrons. The normalized spacial score (nSPS) is 11.7. The molecular formula is C18H12F3N5OS2. The van der Waals surface area contributed by atoms with Crippen molar-refractivity contribution in [3.63, 3.8) is 0 Å². The molecule has 0 fully saturated rings. The van der Waals surface area contributed by atoms with Gasteiger partial charge in [0, 0.05) is 0 Å². The van der Waals surface area contributed by atoms with E-state index in [4.69, 9.17) is 0 Å². The molecule has 29 heavy (non-hydrogen) atoms. The molecule has 0 saturated carbocycles. The van der Waals surface area contributed by atoms with Crippen molar-refractivity contribution >= 4 is 40.3 Å². The Labute approximate surface area is 170 Å². The maximum absolute atomic E-state index is 13.1. The number of nitrogens with one attached hydrogen (secondary N) is 1. The van der Waals surface area contributed by atoms with E-state index >= 15 is 0 Å². The number of hydrogen-bond acceptors (Lipinski definition) is 6. The third-order valence-electron chi connectivity index (χ3n) is 3.85. The van der Waals surface area contributed by atoms with E-state index in [1.165, 1.54) is 34.1 Å². The molecule has 1 amide bonds. The quantitative estimate of drug-likeness (QED) is 0.464. The number of rotatable bonds is 5. The van der Waals surface area contributed by atoms with E-state index in [0.29, 0.717) is 10.8 Å². The second-order valence-corrected chi connectivity index (χ2v) is 7.72. The van der Waals surface area contributed by atoms with Crippen molar-refractivity contribution in [1.82, 2.24) is 19.8 Å². The van der Waals surface area contributed by atoms with Crippen LogP contribution in [0.5, 0.6) is 0 Å². The fraction of sp³-hybridized carbons (Fsp3) is 0.111. The standard InChI is InChI=1S/C18H12F3N5OS2/c19-18(20,21)11-4-1-2-5-12(11)22-16(27)10-29-17-24-23-15-8-7-13(25-26(15)17)14-6-3-9-28-14/h1-9H,10H2,(H,22,27). The zero-order valence-electron chi connectivity index (χ0n) is 14.6. The number of fused-ring (bicyclic) bond motifs is 1. The number of amides is 1. The summed E-state index contributed by atoms with van der Waals surface area (Å²) in [5, 5.41) is 17.1. The van der Waals surface area contributed by atoms with Gasteiger partial charge in [-0.2, -0.15) is 22.8 Å². The first-order valence-corrected chi connectivity index (χ1v) is 10.1. The van der Waals surface area contributed by atoms with E-state index in [0.717, 1.165) is 28.4 Å². The van der Waals surface area contributed by atoms with Gasteiger partial charge in [0.2, 0.25) is 11.1 Å². The molecule has 0 spiro atoms. The molecule has 4 rings (SSSR count). The maximum atomic E-state index is 13.1. The van der Waals surface area contributed by atoms with Gasteiger partial charge in [0.15, 0.2) is 5.65 Å². The summed E-state index contributed by atoms with van der Waals surface area (Å²) in [6.07, 6.45) is -4.55. The maximum Gasteiger partial charge on any atom is 0.418 e. The monoisotopic (exact) mass is 435 g/mol. The van der Waals surface area contributed by atoms with Crippen LogP contribution < -0.4 is 5.32 Å². The zero-order valence-corrected chi connectivity index (χ0v) is 16.2. The van der Waals surface area contributed by atoms with E-state index in [-0.39, 0.29) is 11.4 Å². The number of halogens is 3. The molecule has 0 aliphatic heterocycles. The van der Waals surface area contributed by atoms with Crippen LogP contribution in [-0.4, -0.2) is 31.5 Å². The van der Waals surface area contributed by atoms with E-state index in [2.05, 4.69) is 20.6 Å². The van der Waals surface area contributed by atoms with Crippen LogP contribution in [0.3, 0.4) is 0 Å². The molecule has 3 aromatic heterocycles. The predicted octanol–water partition coefficient (Wildman–Crippen LogP) is 4.60. The molecule has 4 aromatic rings. The molecule has 0 radical (unpaired) electrons. The van der Waals surface area contributed by atoms with Crippen LogP contribution in [0.25, 0.3) is 16.2 Å². The lowest BCUT2D eigenvalue weighted by molar-refractivity contribution is -0.137. The van der Waals surface area contributed by atoms with Gasteiger partial charge < -0.3 is 5.32 Å². The Morgan fingerprint density at radius 2 is 1.93 bits per heavy atom. The number of carbonyl (C=O) groups is 1. The van der Waals surface area contributed by atoms with Crippen molar-refractivity contribution in [2.75, 3.05) is 11.1 Å². The zero-order chi connectivity index (χ0) is 20.4. The van der Waals surface area contributed by atoms with Gasteiger partial charge in [0.1, 0.15) is 5.69 Å². The fourth-order valence-corrected chi connectivity index (χ4v) is 3.95. The highest BCUT2D eigenvalue weighted by molar-refractivity contribution is 7.99. The van der Waals surface area contributed by atoms with Crippen molar-refractivity contribution in [3.8, 4) is 10.6 Å². The van der Waals surface area contributed by atoms with Gasteiger partial charge in [-0.1, -0.05) is 30.0 Å². The lowest BCUT2D eigenvalue weighted by atomic mass is 10.1. The number of hydrogen-bond donors (Lipinski definition) is 1. The van der Waals surface area contributed by atoms with Gasteiger partial charge in [-0.05, 0) is 35.7 Å². The molecule has 0 aliphatic carbocycles. The molecule has 3 heterocycles. The van der Waals surface area contributed by atoms with E-state index in [1.807, 2.05) is 23.6 Å². The highest BCUT2D eigenvalue weighted by Gasteiger charge is 2.33. The average molecular weight is 435 g/mol. The topological polar surface area (TPSA) is 72.2 Å². The average Bonchev–Trinajstić information content (AvgIpc) is 3.35. The van der Waals surface area contributed by atoms with Crippen LogP contribution in [0, 0.1) is 0 Å². The lowest BCUT2D eigenvalue weighted by Gasteiger charge is -2.13. The summed E-state index contributed by atoms with van der Waals surface area (Å²) in [6, 6.07) is 12.3. The second-order valence-electron chi connectivity index (χ2n) is 5.83. The Hall–Kier alpha value is -2.92. The number of para-hydroxylation sites is 1. The van der Waals surface area contributed by atoms with Gasteiger partial charge in [-0.15, -0.1) is 21.5 Å². The van der Waals surface area contributed by atoms with Crippen molar-refractivity contribution in [2.45, 2.75) is 11.3 Å². The number of anilines is 1. The number of carbonyl (C=O) groups excluding carboxylic acids is 1. The van der Waals surface area contributed by atoms with Gasteiger partial charge in [-0.25, -0.2) is 0 Å². The third-order valence-corrected chi connectivity index (χ3v) is 5.66. The Balaban J connectivity index is 1.49. The Kier molecular flexibility index (Phi) is 5.24. The highest BCUT2D eigenvalue weighted by atomic mass is 32.2. The third kappa shape index (κ3) is 4.25. The molecule has 0 atom stereocenters. The van der Waals surface area contributed by atoms with Crippen LogP contribution >= 0.6 is 23.1 Å². The molecule has 0 aliphatic rings. The number of thioether (sulfide) groups is 1. The summed E-state index contributed by atoms with van der Waals surface area (Å²) in [6.45, 7) is 0.